The fraction of sp³-hybridized carbons (Fsp3) is 0.250. The number of aromatic nitrogens is 5. The zero-order valence-corrected chi connectivity index (χ0v) is 19.6. The fourth-order valence-corrected chi connectivity index (χ4v) is 5.44. The minimum absolute atomic E-state index is 0.190. The van der Waals surface area contributed by atoms with Gasteiger partial charge in [-0.1, -0.05) is 91.5 Å². The van der Waals surface area contributed by atoms with E-state index in [9.17, 15) is 0 Å². The summed E-state index contributed by atoms with van der Waals surface area (Å²) in [5, 5.41) is 15.2. The van der Waals surface area contributed by atoms with Crippen molar-refractivity contribution in [1.82, 2.24) is 24.8 Å². The molecule has 0 bridgehead atoms. The van der Waals surface area contributed by atoms with E-state index >= 15 is 0 Å². The van der Waals surface area contributed by atoms with Crippen LogP contribution >= 0.6 is 11.6 Å². The number of halogens is 1. The smallest absolute Gasteiger partial charge is 0.179 e. The zero-order chi connectivity index (χ0) is 22.9. The molecule has 0 radical (unpaired) electrons. The third kappa shape index (κ3) is 3.80. The van der Waals surface area contributed by atoms with Gasteiger partial charge in [0.05, 0.1) is 11.7 Å². The van der Waals surface area contributed by atoms with Gasteiger partial charge in [-0.2, -0.15) is 0 Å². The lowest BCUT2D eigenvalue weighted by atomic mass is 9.95. The number of hydrogen-bond donors (Lipinski definition) is 0. The molecule has 170 valence electrons. The first-order chi connectivity index (χ1) is 16.8. The number of hydrogen-bond acceptors (Lipinski definition) is 3. The highest BCUT2D eigenvalue weighted by Crippen LogP contribution is 2.38. The molecule has 2 heterocycles. The number of fused-ring (bicyclic) bond motifs is 1. The molecule has 0 spiro atoms. The van der Waals surface area contributed by atoms with E-state index in [2.05, 4.69) is 97.6 Å². The summed E-state index contributed by atoms with van der Waals surface area (Å²) in [6.07, 6.45) is 5.95. The van der Waals surface area contributed by atoms with Crippen LogP contribution in [0.3, 0.4) is 0 Å². The van der Waals surface area contributed by atoms with Crippen molar-refractivity contribution in [2.45, 2.75) is 44.2 Å². The van der Waals surface area contributed by atoms with E-state index < -0.39 is 0 Å². The molecule has 2 aromatic heterocycles. The van der Waals surface area contributed by atoms with Crippen molar-refractivity contribution < 1.29 is 0 Å². The summed E-state index contributed by atoms with van der Waals surface area (Å²) in [5.74, 6) is 0.868. The molecular formula is C28H26ClN5. The van der Waals surface area contributed by atoms with E-state index in [0.29, 0.717) is 6.04 Å². The van der Waals surface area contributed by atoms with Crippen LogP contribution in [0.2, 0.25) is 5.02 Å². The van der Waals surface area contributed by atoms with E-state index in [1.807, 2.05) is 12.1 Å². The average molecular weight is 468 g/mol. The van der Waals surface area contributed by atoms with Gasteiger partial charge in [0, 0.05) is 15.9 Å². The maximum absolute atomic E-state index is 6.29. The minimum atomic E-state index is -0.190. The van der Waals surface area contributed by atoms with Crippen molar-refractivity contribution in [2.24, 2.45) is 0 Å². The number of rotatable bonds is 5. The van der Waals surface area contributed by atoms with Crippen molar-refractivity contribution >= 4 is 22.5 Å². The predicted octanol–water partition coefficient (Wildman–Crippen LogP) is 7.09. The second-order valence-electron chi connectivity index (χ2n) is 9.05. The van der Waals surface area contributed by atoms with Crippen molar-refractivity contribution in [2.75, 3.05) is 0 Å². The highest BCUT2D eigenvalue weighted by atomic mass is 35.5. The summed E-state index contributed by atoms with van der Waals surface area (Å²) in [6, 6.07) is 29.6. The van der Waals surface area contributed by atoms with Crippen molar-refractivity contribution in [3.05, 3.63) is 101 Å². The largest absolute Gasteiger partial charge is 0.325 e. The molecule has 1 atom stereocenters. The fourth-order valence-electron chi connectivity index (χ4n) is 5.31. The van der Waals surface area contributed by atoms with Crippen LogP contribution in [0.4, 0.5) is 0 Å². The van der Waals surface area contributed by atoms with Gasteiger partial charge in [-0.25, -0.2) is 4.68 Å². The predicted molar refractivity (Wildman–Crippen MR) is 136 cm³/mol. The molecule has 0 amide bonds. The van der Waals surface area contributed by atoms with E-state index in [-0.39, 0.29) is 6.04 Å². The Labute approximate surface area is 204 Å². The third-order valence-electron chi connectivity index (χ3n) is 6.94. The molecule has 6 rings (SSSR count). The quantitative estimate of drug-likeness (QED) is 0.277. The first-order valence-electron chi connectivity index (χ1n) is 12.0. The minimum Gasteiger partial charge on any atom is -0.325 e. The molecule has 1 aliphatic rings. The Balaban J connectivity index is 1.62. The van der Waals surface area contributed by atoms with E-state index in [1.165, 1.54) is 24.6 Å². The first-order valence-corrected chi connectivity index (χ1v) is 12.4. The van der Waals surface area contributed by atoms with E-state index in [1.54, 1.807) is 0 Å². The lowest BCUT2D eigenvalue weighted by Crippen LogP contribution is -2.23. The molecule has 3 aromatic carbocycles. The lowest BCUT2D eigenvalue weighted by Gasteiger charge is -2.27. The number of benzene rings is 3. The summed E-state index contributed by atoms with van der Waals surface area (Å²) in [4.78, 5) is 0. The number of tetrazole rings is 1. The number of para-hydroxylation sites is 1. The number of nitrogens with zero attached hydrogens (tertiary/aromatic N) is 5. The van der Waals surface area contributed by atoms with Crippen LogP contribution < -0.4 is 0 Å². The van der Waals surface area contributed by atoms with Gasteiger partial charge in [0.25, 0.3) is 0 Å². The molecule has 1 fully saturated rings. The normalized spacial score (nSPS) is 15.6. The van der Waals surface area contributed by atoms with Crippen molar-refractivity contribution in [3.8, 4) is 11.3 Å². The molecule has 34 heavy (non-hydrogen) atoms. The van der Waals surface area contributed by atoms with Gasteiger partial charge in [0.15, 0.2) is 5.82 Å². The van der Waals surface area contributed by atoms with Gasteiger partial charge >= 0.3 is 0 Å². The van der Waals surface area contributed by atoms with Crippen molar-refractivity contribution in [1.29, 1.82) is 0 Å². The average Bonchev–Trinajstić information content (AvgIpc) is 3.52. The maximum atomic E-state index is 6.29. The Kier molecular flexibility index (Phi) is 5.63. The van der Waals surface area contributed by atoms with E-state index in [0.717, 1.165) is 46.0 Å². The highest BCUT2D eigenvalue weighted by molar-refractivity contribution is 6.30. The maximum Gasteiger partial charge on any atom is 0.179 e. The third-order valence-corrected chi connectivity index (χ3v) is 7.20. The van der Waals surface area contributed by atoms with Gasteiger partial charge in [0.2, 0.25) is 0 Å². The van der Waals surface area contributed by atoms with Crippen LogP contribution in [-0.2, 0) is 0 Å². The molecule has 5 nitrogen and oxygen atoms in total. The first kappa shape index (κ1) is 21.1. The second-order valence-corrected chi connectivity index (χ2v) is 9.49. The zero-order valence-electron chi connectivity index (χ0n) is 18.9. The Morgan fingerprint density at radius 1 is 0.824 bits per heavy atom. The highest BCUT2D eigenvalue weighted by Gasteiger charge is 2.30. The Morgan fingerprint density at radius 2 is 1.56 bits per heavy atom. The van der Waals surface area contributed by atoms with Gasteiger partial charge < -0.3 is 4.57 Å². The standard InChI is InChI=1S/C28H26ClN5/c29-23-17-15-21(16-18-23)27(28-30-31-32-34(28)24-12-5-2-6-13-24)33-25-14-8-7-11-22(25)19-26(33)20-9-3-1-4-10-20/h1,3-4,7-11,14-19,24,27H,2,5-6,12-13H2. The van der Waals surface area contributed by atoms with Gasteiger partial charge in [-0.15, -0.1) is 5.10 Å². The van der Waals surface area contributed by atoms with Crippen LogP contribution in [0.25, 0.3) is 22.2 Å². The SMILES string of the molecule is Clc1ccc(C(c2nnnn2C2CCCCC2)n2c(-c3ccccc3)cc3ccccc32)cc1. The monoisotopic (exact) mass is 467 g/mol. The molecule has 1 saturated carbocycles. The van der Waals surface area contributed by atoms with Crippen molar-refractivity contribution in [3.63, 3.8) is 0 Å². The van der Waals surface area contributed by atoms with Crippen LogP contribution in [0.15, 0.2) is 84.9 Å². The molecular weight excluding hydrogens is 442 g/mol. The van der Waals surface area contributed by atoms with Gasteiger partial charge in [-0.05, 0) is 58.7 Å². The molecule has 0 N–H and O–H groups in total. The van der Waals surface area contributed by atoms with E-state index in [4.69, 9.17) is 11.6 Å². The van der Waals surface area contributed by atoms with Gasteiger partial charge in [0.1, 0.15) is 6.04 Å². The Hall–Kier alpha value is -3.44. The summed E-state index contributed by atoms with van der Waals surface area (Å²) >= 11 is 6.29. The Morgan fingerprint density at radius 3 is 2.35 bits per heavy atom. The van der Waals surface area contributed by atoms with Crippen LogP contribution in [0.1, 0.15) is 55.6 Å². The summed E-state index contributed by atoms with van der Waals surface area (Å²) in [7, 11) is 0. The summed E-state index contributed by atoms with van der Waals surface area (Å²) in [5.41, 5.74) is 4.56. The summed E-state index contributed by atoms with van der Waals surface area (Å²) < 4.78 is 4.47. The topological polar surface area (TPSA) is 48.5 Å². The molecule has 1 unspecified atom stereocenters. The molecule has 0 saturated heterocycles. The second kappa shape index (κ2) is 9.07. The lowest BCUT2D eigenvalue weighted by molar-refractivity contribution is 0.312. The molecule has 6 heteroatoms. The molecule has 1 aliphatic carbocycles. The summed E-state index contributed by atoms with van der Waals surface area (Å²) in [6.45, 7) is 0. The molecule has 0 aliphatic heterocycles. The van der Waals surface area contributed by atoms with Crippen LogP contribution in [0, 0.1) is 0 Å². The van der Waals surface area contributed by atoms with Crippen LogP contribution in [-0.4, -0.2) is 24.8 Å². The Bertz CT molecular complexity index is 1400. The van der Waals surface area contributed by atoms with Gasteiger partial charge in [-0.3, -0.25) is 0 Å². The van der Waals surface area contributed by atoms with Crippen LogP contribution in [0.5, 0.6) is 0 Å². The molecule has 5 aromatic rings.